The van der Waals surface area contributed by atoms with Gasteiger partial charge in [-0.25, -0.2) is 0 Å². The molecule has 2 rings (SSSR count). The van der Waals surface area contributed by atoms with Crippen LogP contribution in [0.5, 0.6) is 0 Å². The third-order valence-corrected chi connectivity index (χ3v) is 2.91. The van der Waals surface area contributed by atoms with Gasteiger partial charge in [0.1, 0.15) is 0 Å². The summed E-state index contributed by atoms with van der Waals surface area (Å²) < 4.78 is 5.17. The maximum atomic E-state index is 11.6. The molecule has 0 spiro atoms. The van der Waals surface area contributed by atoms with Crippen molar-refractivity contribution in [2.75, 3.05) is 13.7 Å². The molecule has 4 N–H and O–H groups in total. The van der Waals surface area contributed by atoms with Crippen molar-refractivity contribution in [3.63, 3.8) is 0 Å². The van der Waals surface area contributed by atoms with Gasteiger partial charge >= 0.3 is 0 Å². The maximum absolute atomic E-state index is 11.6. The SMILES string of the molecule is CO[C@H]1CN[C@H](C(=O)NC2CC2N)C1. The molecule has 2 fully saturated rings. The van der Waals surface area contributed by atoms with Crippen LogP contribution in [0, 0.1) is 0 Å². The van der Waals surface area contributed by atoms with E-state index >= 15 is 0 Å². The Morgan fingerprint density at radius 2 is 2.29 bits per heavy atom. The van der Waals surface area contributed by atoms with Gasteiger partial charge in [-0.15, -0.1) is 0 Å². The Morgan fingerprint density at radius 1 is 1.57 bits per heavy atom. The molecule has 1 aliphatic carbocycles. The molecule has 2 unspecified atom stereocenters. The minimum atomic E-state index is -0.104. The van der Waals surface area contributed by atoms with E-state index in [9.17, 15) is 4.79 Å². The van der Waals surface area contributed by atoms with Gasteiger partial charge in [0.05, 0.1) is 12.1 Å². The van der Waals surface area contributed by atoms with Crippen molar-refractivity contribution in [1.29, 1.82) is 0 Å². The van der Waals surface area contributed by atoms with E-state index in [4.69, 9.17) is 10.5 Å². The summed E-state index contributed by atoms with van der Waals surface area (Å²) in [5, 5.41) is 6.04. The summed E-state index contributed by atoms with van der Waals surface area (Å²) in [4.78, 5) is 11.6. The third kappa shape index (κ3) is 2.05. The average molecular weight is 199 g/mol. The van der Waals surface area contributed by atoms with E-state index in [1.165, 1.54) is 0 Å². The van der Waals surface area contributed by atoms with Crippen molar-refractivity contribution < 1.29 is 9.53 Å². The molecule has 5 heteroatoms. The predicted octanol–water partition coefficient (Wildman–Crippen LogP) is -1.42. The van der Waals surface area contributed by atoms with Crippen LogP contribution >= 0.6 is 0 Å². The van der Waals surface area contributed by atoms with Crippen LogP contribution in [-0.2, 0) is 9.53 Å². The second-order valence-electron chi connectivity index (χ2n) is 4.07. The van der Waals surface area contributed by atoms with Crippen molar-refractivity contribution in [3.05, 3.63) is 0 Å². The minimum Gasteiger partial charge on any atom is -0.380 e. The molecule has 14 heavy (non-hydrogen) atoms. The number of amides is 1. The van der Waals surface area contributed by atoms with Gasteiger partial charge < -0.3 is 21.1 Å². The lowest BCUT2D eigenvalue weighted by molar-refractivity contribution is -0.123. The van der Waals surface area contributed by atoms with Gasteiger partial charge in [-0.05, 0) is 12.8 Å². The predicted molar refractivity (Wildman–Crippen MR) is 51.7 cm³/mol. The molecular weight excluding hydrogens is 182 g/mol. The molecule has 0 aromatic carbocycles. The largest absolute Gasteiger partial charge is 0.380 e. The number of rotatable bonds is 3. The molecule has 0 radical (unpaired) electrons. The number of nitrogens with two attached hydrogens (primary N) is 1. The topological polar surface area (TPSA) is 76.4 Å². The third-order valence-electron chi connectivity index (χ3n) is 2.91. The first kappa shape index (κ1) is 9.89. The first-order valence-electron chi connectivity index (χ1n) is 5.03. The van der Waals surface area contributed by atoms with Crippen molar-refractivity contribution >= 4 is 5.91 Å². The summed E-state index contributed by atoms with van der Waals surface area (Å²) in [5.74, 6) is 0.0579. The van der Waals surface area contributed by atoms with E-state index in [-0.39, 0.29) is 30.1 Å². The zero-order valence-electron chi connectivity index (χ0n) is 8.32. The van der Waals surface area contributed by atoms with E-state index in [1.807, 2.05) is 0 Å². The van der Waals surface area contributed by atoms with Crippen molar-refractivity contribution in [3.8, 4) is 0 Å². The molecule has 2 aliphatic rings. The van der Waals surface area contributed by atoms with E-state index in [2.05, 4.69) is 10.6 Å². The Labute approximate surface area is 83.4 Å². The van der Waals surface area contributed by atoms with Crippen LogP contribution in [0.15, 0.2) is 0 Å². The second kappa shape index (κ2) is 3.84. The van der Waals surface area contributed by atoms with Crippen LogP contribution in [0.4, 0.5) is 0 Å². The normalized spacial score (nSPS) is 41.0. The molecule has 4 atom stereocenters. The van der Waals surface area contributed by atoms with Crippen molar-refractivity contribution in [2.24, 2.45) is 5.73 Å². The number of carbonyl (C=O) groups excluding carboxylic acids is 1. The molecule has 5 nitrogen and oxygen atoms in total. The van der Waals surface area contributed by atoms with Crippen molar-refractivity contribution in [1.82, 2.24) is 10.6 Å². The zero-order chi connectivity index (χ0) is 10.1. The second-order valence-corrected chi connectivity index (χ2v) is 4.07. The molecule has 1 saturated heterocycles. The van der Waals surface area contributed by atoms with Crippen LogP contribution in [0.3, 0.4) is 0 Å². The molecule has 0 bridgehead atoms. The summed E-state index contributed by atoms with van der Waals surface area (Å²) in [6.45, 7) is 0.755. The highest BCUT2D eigenvalue weighted by molar-refractivity contribution is 5.82. The summed E-state index contributed by atoms with van der Waals surface area (Å²) in [6, 6.07) is 0.261. The van der Waals surface area contributed by atoms with Gasteiger partial charge in [0.15, 0.2) is 0 Å². The highest BCUT2D eigenvalue weighted by Crippen LogP contribution is 2.18. The Hall–Kier alpha value is -0.650. The molecule has 1 heterocycles. The van der Waals surface area contributed by atoms with Gasteiger partial charge in [0.2, 0.25) is 5.91 Å². The van der Waals surface area contributed by atoms with Crippen LogP contribution in [-0.4, -0.2) is 43.8 Å². The highest BCUT2D eigenvalue weighted by atomic mass is 16.5. The number of ether oxygens (including phenoxy) is 1. The number of hydrogen-bond donors (Lipinski definition) is 3. The Kier molecular flexibility index (Phi) is 2.71. The number of methoxy groups -OCH3 is 1. The molecular formula is C9H17N3O2. The van der Waals surface area contributed by atoms with Crippen LogP contribution in [0.2, 0.25) is 0 Å². The zero-order valence-corrected chi connectivity index (χ0v) is 8.32. The fourth-order valence-electron chi connectivity index (χ4n) is 1.75. The summed E-state index contributed by atoms with van der Waals surface area (Å²) >= 11 is 0. The maximum Gasteiger partial charge on any atom is 0.237 e. The minimum absolute atomic E-state index is 0.0579. The first-order chi connectivity index (χ1) is 6.70. The molecule has 1 saturated carbocycles. The smallest absolute Gasteiger partial charge is 0.237 e. The fourth-order valence-corrected chi connectivity index (χ4v) is 1.75. The van der Waals surface area contributed by atoms with E-state index in [1.54, 1.807) is 7.11 Å². The average Bonchev–Trinajstić information content (AvgIpc) is 2.72. The summed E-state index contributed by atoms with van der Waals surface area (Å²) in [5.41, 5.74) is 5.61. The summed E-state index contributed by atoms with van der Waals surface area (Å²) in [6.07, 6.45) is 1.83. The van der Waals surface area contributed by atoms with Crippen LogP contribution in [0.25, 0.3) is 0 Å². The van der Waals surface area contributed by atoms with Crippen LogP contribution < -0.4 is 16.4 Å². The number of hydrogen-bond acceptors (Lipinski definition) is 4. The molecule has 1 aliphatic heterocycles. The highest BCUT2D eigenvalue weighted by Gasteiger charge is 2.37. The van der Waals surface area contributed by atoms with Crippen molar-refractivity contribution in [2.45, 2.75) is 37.1 Å². The van der Waals surface area contributed by atoms with Gasteiger partial charge in [-0.2, -0.15) is 0 Å². The Bertz CT molecular complexity index is 234. The monoisotopic (exact) mass is 199 g/mol. The number of nitrogens with one attached hydrogen (secondary N) is 2. The standard InChI is InChI=1S/C9H17N3O2/c1-14-5-2-8(11-4-5)9(13)12-7-3-6(7)10/h5-8,11H,2-4,10H2,1H3,(H,12,13)/t5-,6?,7?,8+/m1/s1. The quantitative estimate of drug-likeness (QED) is 0.521. The van der Waals surface area contributed by atoms with Gasteiger partial charge in [0, 0.05) is 25.7 Å². The van der Waals surface area contributed by atoms with Crippen LogP contribution in [0.1, 0.15) is 12.8 Å². The summed E-state index contributed by atoms with van der Waals surface area (Å²) in [7, 11) is 1.67. The van der Waals surface area contributed by atoms with E-state index in [0.717, 1.165) is 19.4 Å². The van der Waals surface area contributed by atoms with E-state index in [0.29, 0.717) is 0 Å². The van der Waals surface area contributed by atoms with Gasteiger partial charge in [-0.3, -0.25) is 4.79 Å². The Balaban J connectivity index is 1.75. The lowest BCUT2D eigenvalue weighted by Gasteiger charge is -2.10. The number of carbonyl (C=O) groups is 1. The Morgan fingerprint density at radius 3 is 2.79 bits per heavy atom. The van der Waals surface area contributed by atoms with E-state index < -0.39 is 0 Å². The first-order valence-corrected chi connectivity index (χ1v) is 5.03. The molecule has 1 amide bonds. The molecule has 0 aromatic heterocycles. The van der Waals surface area contributed by atoms with Gasteiger partial charge in [-0.1, -0.05) is 0 Å². The molecule has 80 valence electrons. The fraction of sp³-hybridized carbons (Fsp3) is 0.889. The molecule has 0 aromatic rings. The lowest BCUT2D eigenvalue weighted by atomic mass is 10.2. The lowest BCUT2D eigenvalue weighted by Crippen LogP contribution is -2.42. The van der Waals surface area contributed by atoms with Gasteiger partial charge in [0.25, 0.3) is 0 Å².